The minimum absolute atomic E-state index is 0.203. The lowest BCUT2D eigenvalue weighted by molar-refractivity contribution is -0.139. The monoisotopic (exact) mass is 264 g/mol. The van der Waals surface area contributed by atoms with Crippen LogP contribution in [-0.2, 0) is 17.4 Å². The molecule has 0 saturated carbocycles. The predicted octanol–water partition coefficient (Wildman–Crippen LogP) is 3.44. The maximum Gasteiger partial charge on any atom is 0.416 e. The second-order valence-corrected chi connectivity index (χ2v) is 4.66. The summed E-state index contributed by atoms with van der Waals surface area (Å²) in [4.78, 5) is 11.0. The van der Waals surface area contributed by atoms with Crippen molar-refractivity contribution in [2.45, 2.75) is 24.4 Å². The molecule has 0 spiro atoms. The van der Waals surface area contributed by atoms with Crippen LogP contribution in [0.4, 0.5) is 13.2 Å². The van der Waals surface area contributed by atoms with Gasteiger partial charge in [0, 0.05) is 4.90 Å². The molecule has 0 atom stereocenters. The lowest BCUT2D eigenvalue weighted by Gasteiger charge is -2.13. The van der Waals surface area contributed by atoms with Gasteiger partial charge in [0.05, 0.1) is 12.0 Å². The smallest absolute Gasteiger partial charge is 0.416 e. The first-order valence-corrected chi connectivity index (χ1v) is 5.88. The van der Waals surface area contributed by atoms with Gasteiger partial charge in [-0.05, 0) is 23.4 Å². The molecule has 0 heterocycles. The van der Waals surface area contributed by atoms with Crippen molar-refractivity contribution >= 4 is 17.7 Å². The Morgan fingerprint density at radius 3 is 2.53 bits per heavy atom. The molecule has 1 N–H and O–H groups in total. The highest BCUT2D eigenvalue weighted by atomic mass is 32.2. The van der Waals surface area contributed by atoms with Gasteiger partial charge < -0.3 is 5.11 Å². The van der Waals surface area contributed by atoms with E-state index in [9.17, 15) is 18.0 Å². The van der Waals surface area contributed by atoms with Crippen molar-refractivity contribution in [2.24, 2.45) is 0 Å². The topological polar surface area (TPSA) is 37.3 Å². The number of carbonyl (C=O) groups is 1. The highest BCUT2D eigenvalue weighted by molar-refractivity contribution is 7.99. The van der Waals surface area contributed by atoms with Crippen LogP contribution in [0.2, 0.25) is 0 Å². The van der Waals surface area contributed by atoms with E-state index in [0.29, 0.717) is 10.6 Å². The van der Waals surface area contributed by atoms with Crippen molar-refractivity contribution < 1.29 is 23.1 Å². The first-order chi connectivity index (χ1) is 7.84. The Bertz CT molecular complexity index is 416. The summed E-state index contributed by atoms with van der Waals surface area (Å²) in [5, 5.41) is 8.56. The lowest BCUT2D eigenvalue weighted by atomic mass is 10.0. The van der Waals surface area contributed by atoms with Crippen LogP contribution < -0.4 is 0 Å². The molecular weight excluding hydrogens is 253 g/mol. The number of alkyl halides is 3. The molecule has 94 valence electrons. The van der Waals surface area contributed by atoms with Gasteiger partial charge in [-0.15, -0.1) is 11.8 Å². The maximum absolute atomic E-state index is 12.7. The zero-order valence-corrected chi connectivity index (χ0v) is 9.86. The Kier molecular flexibility index (Phi) is 4.45. The Morgan fingerprint density at radius 2 is 2.06 bits per heavy atom. The molecule has 0 unspecified atom stereocenters. The summed E-state index contributed by atoms with van der Waals surface area (Å²) in [5.74, 6) is -0.610. The third-order valence-corrected chi connectivity index (χ3v) is 2.92. The molecule has 0 saturated heterocycles. The molecule has 0 aliphatic carbocycles. The van der Waals surface area contributed by atoms with Crippen molar-refractivity contribution in [2.75, 3.05) is 5.75 Å². The minimum atomic E-state index is -4.52. The fourth-order valence-corrected chi connectivity index (χ4v) is 2.09. The van der Waals surface area contributed by atoms with Gasteiger partial charge in [0.15, 0.2) is 0 Å². The first kappa shape index (κ1) is 13.9. The van der Waals surface area contributed by atoms with Crippen molar-refractivity contribution in [1.29, 1.82) is 0 Å². The van der Waals surface area contributed by atoms with Crippen LogP contribution in [0.25, 0.3) is 0 Å². The van der Waals surface area contributed by atoms with Crippen molar-refractivity contribution in [3.63, 3.8) is 0 Å². The van der Waals surface area contributed by atoms with E-state index in [4.69, 9.17) is 5.11 Å². The Morgan fingerprint density at radius 1 is 1.41 bits per heavy atom. The van der Waals surface area contributed by atoms with Gasteiger partial charge in [0.1, 0.15) is 0 Å². The molecular formula is C11H11F3O2S. The highest BCUT2D eigenvalue weighted by Gasteiger charge is 2.33. The molecule has 6 heteroatoms. The van der Waals surface area contributed by atoms with Crippen LogP contribution in [0.5, 0.6) is 0 Å². The number of benzene rings is 1. The number of thioether (sulfide) groups is 1. The fourth-order valence-electron chi connectivity index (χ4n) is 1.39. The Balaban J connectivity index is 3.17. The van der Waals surface area contributed by atoms with Crippen LogP contribution in [-0.4, -0.2) is 16.8 Å². The summed E-state index contributed by atoms with van der Waals surface area (Å²) in [6, 6.07) is 3.75. The highest BCUT2D eigenvalue weighted by Crippen LogP contribution is 2.35. The van der Waals surface area contributed by atoms with Gasteiger partial charge >= 0.3 is 12.1 Å². The normalized spacial score (nSPS) is 11.5. The van der Waals surface area contributed by atoms with E-state index in [-0.39, 0.29) is 5.56 Å². The van der Waals surface area contributed by atoms with Crippen LogP contribution in [0.15, 0.2) is 23.1 Å². The van der Waals surface area contributed by atoms with Crippen molar-refractivity contribution in [3.05, 3.63) is 29.3 Å². The second kappa shape index (κ2) is 5.44. The van der Waals surface area contributed by atoms with E-state index in [1.807, 2.05) is 6.92 Å². The number of hydrogen-bond donors (Lipinski definition) is 1. The minimum Gasteiger partial charge on any atom is -0.481 e. The average molecular weight is 264 g/mol. The van der Waals surface area contributed by atoms with Gasteiger partial charge in [0.2, 0.25) is 0 Å². The summed E-state index contributed by atoms with van der Waals surface area (Å²) >= 11 is 1.29. The van der Waals surface area contributed by atoms with E-state index in [0.717, 1.165) is 6.07 Å². The average Bonchev–Trinajstić information content (AvgIpc) is 2.18. The molecule has 0 fully saturated rings. The number of hydrogen-bond acceptors (Lipinski definition) is 2. The molecule has 0 radical (unpaired) electrons. The second-order valence-electron chi connectivity index (χ2n) is 3.32. The number of halogens is 3. The Labute approximate surface area is 101 Å². The first-order valence-electron chi connectivity index (χ1n) is 4.89. The zero-order chi connectivity index (χ0) is 13.1. The summed E-state index contributed by atoms with van der Waals surface area (Å²) in [5.41, 5.74) is -1.07. The molecule has 0 aliphatic rings. The molecule has 0 amide bonds. The summed E-state index contributed by atoms with van der Waals surface area (Å²) in [7, 11) is 0. The quantitative estimate of drug-likeness (QED) is 0.846. The van der Waals surface area contributed by atoms with E-state index in [1.165, 1.54) is 23.9 Å². The van der Waals surface area contributed by atoms with Gasteiger partial charge in [-0.2, -0.15) is 13.2 Å². The van der Waals surface area contributed by atoms with E-state index in [2.05, 4.69) is 0 Å². The van der Waals surface area contributed by atoms with Crippen molar-refractivity contribution in [1.82, 2.24) is 0 Å². The SMILES string of the molecule is CCSc1ccc(CC(=O)O)c(C(F)(F)F)c1. The van der Waals surface area contributed by atoms with E-state index < -0.39 is 24.1 Å². The van der Waals surface area contributed by atoms with Gasteiger partial charge in [-0.1, -0.05) is 13.0 Å². The molecule has 0 aromatic heterocycles. The zero-order valence-electron chi connectivity index (χ0n) is 9.04. The third kappa shape index (κ3) is 3.96. The Hall–Kier alpha value is -1.17. The van der Waals surface area contributed by atoms with Crippen molar-refractivity contribution in [3.8, 4) is 0 Å². The predicted molar refractivity (Wildman–Crippen MR) is 59.2 cm³/mol. The van der Waals surface area contributed by atoms with Crippen LogP contribution in [0.3, 0.4) is 0 Å². The molecule has 0 aliphatic heterocycles. The van der Waals surface area contributed by atoms with Gasteiger partial charge in [-0.25, -0.2) is 0 Å². The molecule has 1 rings (SSSR count). The summed E-state index contributed by atoms with van der Waals surface area (Å²) in [6.07, 6.45) is -5.14. The molecule has 17 heavy (non-hydrogen) atoms. The van der Waals surface area contributed by atoms with E-state index in [1.54, 1.807) is 0 Å². The van der Waals surface area contributed by atoms with Crippen LogP contribution in [0.1, 0.15) is 18.1 Å². The van der Waals surface area contributed by atoms with E-state index >= 15 is 0 Å². The standard InChI is InChI=1S/C11H11F3O2S/c1-2-17-8-4-3-7(5-10(15)16)9(6-8)11(12,13)14/h3-4,6H,2,5H2,1H3,(H,15,16). The molecule has 1 aromatic rings. The maximum atomic E-state index is 12.7. The molecule has 1 aromatic carbocycles. The number of carboxylic acid groups (broad SMARTS) is 1. The van der Waals surface area contributed by atoms with Crippen LogP contribution in [0, 0.1) is 0 Å². The summed E-state index contributed by atoms with van der Waals surface area (Å²) in [6.45, 7) is 1.84. The number of carboxylic acids is 1. The number of aliphatic carboxylic acids is 1. The summed E-state index contributed by atoms with van der Waals surface area (Å²) < 4.78 is 38.2. The largest absolute Gasteiger partial charge is 0.481 e. The third-order valence-electron chi connectivity index (χ3n) is 2.04. The molecule has 0 bridgehead atoms. The molecule has 2 nitrogen and oxygen atoms in total. The number of rotatable bonds is 4. The van der Waals surface area contributed by atoms with Gasteiger partial charge in [-0.3, -0.25) is 4.79 Å². The fraction of sp³-hybridized carbons (Fsp3) is 0.364. The van der Waals surface area contributed by atoms with Crippen LogP contribution >= 0.6 is 11.8 Å². The lowest BCUT2D eigenvalue weighted by Crippen LogP contribution is -2.12. The van der Waals surface area contributed by atoms with Gasteiger partial charge in [0.25, 0.3) is 0 Å².